The Hall–Kier alpha value is -3.13. The third-order valence-corrected chi connectivity index (χ3v) is 4.34. The van der Waals surface area contributed by atoms with E-state index in [2.05, 4.69) is 54.6 Å². The van der Waals surface area contributed by atoms with E-state index in [1.807, 2.05) is 18.2 Å². The zero-order valence-electron chi connectivity index (χ0n) is 13.3. The Morgan fingerprint density at radius 1 is 0.750 bits per heavy atom. The molecule has 4 aromatic carbocycles. The van der Waals surface area contributed by atoms with Crippen molar-refractivity contribution in [2.75, 3.05) is 7.11 Å². The van der Waals surface area contributed by atoms with Crippen LogP contribution < -0.4 is 0 Å². The highest BCUT2D eigenvalue weighted by Gasteiger charge is 2.09. The largest absolute Gasteiger partial charge is 0.465 e. The van der Waals surface area contributed by atoms with E-state index in [0.717, 1.165) is 11.1 Å². The molecule has 0 amide bonds. The molecule has 24 heavy (non-hydrogen) atoms. The summed E-state index contributed by atoms with van der Waals surface area (Å²) in [4.78, 5) is 11.8. The Bertz CT molecular complexity index is 1060. The van der Waals surface area contributed by atoms with E-state index < -0.39 is 0 Å². The minimum Gasteiger partial charge on any atom is -0.465 e. The molecule has 2 heteroatoms. The fourth-order valence-electron chi connectivity index (χ4n) is 3.15. The predicted octanol–water partition coefficient (Wildman–Crippen LogP) is 5.45. The van der Waals surface area contributed by atoms with Crippen molar-refractivity contribution in [1.29, 1.82) is 0 Å². The Kier molecular flexibility index (Phi) is 3.51. The van der Waals surface area contributed by atoms with Gasteiger partial charge in [-0.25, -0.2) is 4.79 Å². The van der Waals surface area contributed by atoms with E-state index in [1.54, 1.807) is 6.07 Å². The highest BCUT2D eigenvalue weighted by molar-refractivity contribution is 6.05. The van der Waals surface area contributed by atoms with Crippen molar-refractivity contribution in [3.8, 4) is 11.1 Å². The van der Waals surface area contributed by atoms with Crippen molar-refractivity contribution in [2.24, 2.45) is 0 Å². The Morgan fingerprint density at radius 2 is 1.46 bits per heavy atom. The molecule has 0 saturated heterocycles. The quantitative estimate of drug-likeness (QED) is 0.363. The maximum absolute atomic E-state index is 11.8. The van der Waals surface area contributed by atoms with Gasteiger partial charge in [0.2, 0.25) is 0 Å². The van der Waals surface area contributed by atoms with Gasteiger partial charge in [0.15, 0.2) is 0 Å². The van der Waals surface area contributed by atoms with Crippen LogP contribution in [0.25, 0.3) is 32.7 Å². The van der Waals surface area contributed by atoms with E-state index >= 15 is 0 Å². The Labute approximate surface area is 140 Å². The zero-order valence-corrected chi connectivity index (χ0v) is 13.3. The van der Waals surface area contributed by atoms with Gasteiger partial charge in [0.25, 0.3) is 0 Å². The van der Waals surface area contributed by atoms with Gasteiger partial charge < -0.3 is 4.74 Å². The van der Waals surface area contributed by atoms with E-state index in [0.29, 0.717) is 5.56 Å². The summed E-state index contributed by atoms with van der Waals surface area (Å²) in [5.41, 5.74) is 2.69. The molecule has 0 spiro atoms. The normalized spacial score (nSPS) is 10.9. The van der Waals surface area contributed by atoms with E-state index in [9.17, 15) is 4.79 Å². The van der Waals surface area contributed by atoms with Crippen molar-refractivity contribution in [1.82, 2.24) is 0 Å². The number of carbonyl (C=O) groups is 1. The molecule has 0 aromatic heterocycles. The summed E-state index contributed by atoms with van der Waals surface area (Å²) in [5, 5.41) is 4.81. The lowest BCUT2D eigenvalue weighted by Crippen LogP contribution is -2.00. The van der Waals surface area contributed by atoms with Crippen molar-refractivity contribution in [3.05, 3.63) is 84.4 Å². The lowest BCUT2D eigenvalue weighted by molar-refractivity contribution is 0.0601. The summed E-state index contributed by atoms with van der Waals surface area (Å²) in [7, 11) is 1.40. The standard InChI is InChI=1S/C22H16O2/c1-24-22(23)19-10-4-8-17(13-19)20-11-5-9-18-12-15-6-2-3-7-16(15)14-21(18)20/h2-14H,1H3. The number of esters is 1. The molecule has 0 bridgehead atoms. The van der Waals surface area contributed by atoms with Gasteiger partial charge in [-0.2, -0.15) is 0 Å². The molecule has 0 unspecified atom stereocenters. The Morgan fingerprint density at radius 3 is 2.25 bits per heavy atom. The van der Waals surface area contributed by atoms with Gasteiger partial charge in [0, 0.05) is 0 Å². The molecule has 0 radical (unpaired) electrons. The molecule has 0 aliphatic carbocycles. The summed E-state index contributed by atoms with van der Waals surface area (Å²) in [6, 6.07) is 26.6. The van der Waals surface area contributed by atoms with E-state index in [4.69, 9.17) is 4.74 Å². The van der Waals surface area contributed by atoms with Crippen molar-refractivity contribution in [2.45, 2.75) is 0 Å². The molecule has 0 heterocycles. The first-order valence-corrected chi connectivity index (χ1v) is 7.86. The molecule has 0 aliphatic heterocycles. The second-order valence-electron chi connectivity index (χ2n) is 5.80. The smallest absolute Gasteiger partial charge is 0.337 e. The van der Waals surface area contributed by atoms with Gasteiger partial charge in [-0.3, -0.25) is 0 Å². The Balaban J connectivity index is 1.96. The summed E-state index contributed by atoms with van der Waals surface area (Å²) in [6.07, 6.45) is 0. The van der Waals surface area contributed by atoms with Crippen LogP contribution >= 0.6 is 0 Å². The number of carbonyl (C=O) groups excluding carboxylic acids is 1. The first-order valence-electron chi connectivity index (χ1n) is 7.86. The second kappa shape index (κ2) is 5.82. The fourth-order valence-corrected chi connectivity index (χ4v) is 3.15. The average Bonchev–Trinajstić information content (AvgIpc) is 2.65. The number of benzene rings is 4. The van der Waals surface area contributed by atoms with Crippen LogP contribution in [0.15, 0.2) is 78.9 Å². The zero-order chi connectivity index (χ0) is 16.5. The fraction of sp³-hybridized carbons (Fsp3) is 0.0455. The molecule has 0 atom stereocenters. The number of rotatable bonds is 2. The molecule has 116 valence electrons. The topological polar surface area (TPSA) is 26.3 Å². The number of ether oxygens (including phenoxy) is 1. The van der Waals surface area contributed by atoms with Crippen LogP contribution in [0.3, 0.4) is 0 Å². The van der Waals surface area contributed by atoms with Crippen molar-refractivity contribution in [3.63, 3.8) is 0 Å². The van der Waals surface area contributed by atoms with Gasteiger partial charge in [-0.15, -0.1) is 0 Å². The van der Waals surface area contributed by atoms with Gasteiger partial charge in [0.1, 0.15) is 0 Å². The maximum Gasteiger partial charge on any atom is 0.337 e. The average molecular weight is 312 g/mol. The highest BCUT2D eigenvalue weighted by atomic mass is 16.5. The number of hydrogen-bond acceptors (Lipinski definition) is 2. The molecular weight excluding hydrogens is 296 g/mol. The molecule has 0 fully saturated rings. The van der Waals surface area contributed by atoms with Crippen LogP contribution in [0.1, 0.15) is 10.4 Å². The predicted molar refractivity (Wildman–Crippen MR) is 98.2 cm³/mol. The lowest BCUT2D eigenvalue weighted by atomic mass is 9.95. The van der Waals surface area contributed by atoms with Gasteiger partial charge in [-0.1, -0.05) is 54.6 Å². The number of fused-ring (bicyclic) bond motifs is 2. The van der Waals surface area contributed by atoms with Crippen molar-refractivity contribution >= 4 is 27.5 Å². The maximum atomic E-state index is 11.8. The second-order valence-corrected chi connectivity index (χ2v) is 5.80. The minimum atomic E-state index is -0.317. The first-order chi connectivity index (χ1) is 11.8. The van der Waals surface area contributed by atoms with Gasteiger partial charge >= 0.3 is 5.97 Å². The monoisotopic (exact) mass is 312 g/mol. The summed E-state index contributed by atoms with van der Waals surface area (Å²) < 4.78 is 4.83. The van der Waals surface area contributed by atoms with Gasteiger partial charge in [0.05, 0.1) is 12.7 Å². The van der Waals surface area contributed by atoms with Crippen LogP contribution in [0.4, 0.5) is 0 Å². The highest BCUT2D eigenvalue weighted by Crippen LogP contribution is 2.32. The number of hydrogen-bond donors (Lipinski definition) is 0. The summed E-state index contributed by atoms with van der Waals surface area (Å²) >= 11 is 0. The first kappa shape index (κ1) is 14.5. The van der Waals surface area contributed by atoms with E-state index in [1.165, 1.54) is 28.7 Å². The molecule has 2 nitrogen and oxygen atoms in total. The molecule has 0 aliphatic rings. The van der Waals surface area contributed by atoms with Crippen LogP contribution in [0.2, 0.25) is 0 Å². The summed E-state index contributed by atoms with van der Waals surface area (Å²) in [5.74, 6) is -0.317. The molecule has 4 rings (SSSR count). The van der Waals surface area contributed by atoms with Crippen molar-refractivity contribution < 1.29 is 9.53 Å². The van der Waals surface area contributed by atoms with Crippen LogP contribution in [-0.2, 0) is 4.74 Å². The molecule has 0 saturated carbocycles. The third-order valence-electron chi connectivity index (χ3n) is 4.34. The van der Waals surface area contributed by atoms with Crippen LogP contribution in [0.5, 0.6) is 0 Å². The van der Waals surface area contributed by atoms with Gasteiger partial charge in [-0.05, 0) is 56.9 Å². The number of methoxy groups -OCH3 is 1. The minimum absolute atomic E-state index is 0.317. The van der Waals surface area contributed by atoms with Crippen LogP contribution in [-0.4, -0.2) is 13.1 Å². The van der Waals surface area contributed by atoms with E-state index in [-0.39, 0.29) is 5.97 Å². The molecule has 0 N–H and O–H groups in total. The SMILES string of the molecule is COC(=O)c1cccc(-c2cccc3cc4ccccc4cc23)c1. The third kappa shape index (κ3) is 2.42. The lowest BCUT2D eigenvalue weighted by Gasteiger charge is -2.10. The molecular formula is C22H16O2. The summed E-state index contributed by atoms with van der Waals surface area (Å²) in [6.45, 7) is 0. The van der Waals surface area contributed by atoms with Crippen LogP contribution in [0, 0.1) is 0 Å². The molecule has 4 aromatic rings.